The molecule has 2 aliphatic rings. The van der Waals surface area contributed by atoms with Gasteiger partial charge in [0.1, 0.15) is 15.9 Å². The van der Waals surface area contributed by atoms with Crippen LogP contribution in [0.25, 0.3) is 0 Å². The van der Waals surface area contributed by atoms with E-state index in [4.69, 9.17) is 32.7 Å². The van der Waals surface area contributed by atoms with E-state index in [0.717, 1.165) is 0 Å². The molecule has 1 aliphatic carbocycles. The van der Waals surface area contributed by atoms with Crippen LogP contribution in [0.3, 0.4) is 0 Å². The van der Waals surface area contributed by atoms with Gasteiger partial charge in [-0.3, -0.25) is 4.79 Å². The number of sulfonamides is 1. The van der Waals surface area contributed by atoms with E-state index in [-0.39, 0.29) is 29.4 Å². The summed E-state index contributed by atoms with van der Waals surface area (Å²) in [4.78, 5) is 12.5. The fourth-order valence-electron chi connectivity index (χ4n) is 3.14. The minimum Gasteiger partial charge on any atom is -0.455 e. The zero-order valence-corrected chi connectivity index (χ0v) is 18.5. The molecule has 7 nitrogen and oxygen atoms in total. The quantitative estimate of drug-likeness (QED) is 0.625. The number of rotatable bonds is 6. The molecule has 166 valence electrons. The number of alkyl halides is 2. The lowest BCUT2D eigenvalue weighted by Crippen LogP contribution is -2.40. The predicted molar refractivity (Wildman–Crippen MR) is 114 cm³/mol. The second-order valence-corrected chi connectivity index (χ2v) is 10.7. The van der Waals surface area contributed by atoms with E-state index in [9.17, 15) is 17.6 Å². The lowest BCUT2D eigenvalue weighted by molar-refractivity contribution is -0.117. The number of halogens is 3. The highest BCUT2D eigenvalue weighted by atomic mass is 35.5. The Morgan fingerprint density at radius 3 is 2.42 bits per heavy atom. The molecule has 1 atom stereocenters. The van der Waals surface area contributed by atoms with Crippen LogP contribution in [0, 0.1) is 11.7 Å². The average molecular weight is 489 g/mol. The molecule has 0 bridgehead atoms. The molecule has 2 fully saturated rings. The van der Waals surface area contributed by atoms with Crippen LogP contribution in [0.5, 0.6) is 11.5 Å². The normalized spacial score (nSPS) is 20.8. The van der Waals surface area contributed by atoms with Gasteiger partial charge in [-0.15, -0.1) is 23.2 Å². The summed E-state index contributed by atoms with van der Waals surface area (Å²) in [6.07, 6.45) is 0.294. The molecule has 1 N–H and O–H groups in total. The number of ether oxygens (including phenoxy) is 2. The third-order valence-electron chi connectivity index (χ3n) is 5.00. The molecule has 0 radical (unpaired) electrons. The van der Waals surface area contributed by atoms with Gasteiger partial charge in [0.2, 0.25) is 15.9 Å². The van der Waals surface area contributed by atoms with E-state index in [1.165, 1.54) is 46.8 Å². The maximum absolute atomic E-state index is 13.2. The van der Waals surface area contributed by atoms with E-state index in [0.29, 0.717) is 25.4 Å². The summed E-state index contributed by atoms with van der Waals surface area (Å²) in [7, 11) is -3.80. The smallest absolute Gasteiger partial charge is 0.243 e. The fraction of sp³-hybridized carbons (Fsp3) is 0.350. The molecule has 1 amide bonds. The molecule has 11 heteroatoms. The third kappa shape index (κ3) is 4.96. The van der Waals surface area contributed by atoms with Gasteiger partial charge in [-0.2, -0.15) is 4.31 Å². The fourth-order valence-corrected chi connectivity index (χ4v) is 5.08. The molecule has 2 aromatic carbocycles. The Morgan fingerprint density at radius 2 is 1.81 bits per heavy atom. The lowest BCUT2D eigenvalue weighted by atomic mass is 10.2. The predicted octanol–water partition coefficient (Wildman–Crippen LogP) is 3.77. The van der Waals surface area contributed by atoms with Crippen molar-refractivity contribution in [3.8, 4) is 11.5 Å². The molecular formula is C20H19Cl2FN2O5S. The Hall–Kier alpha value is -1.91. The number of carbonyl (C=O) groups excluding carboxylic acids is 1. The number of nitrogens with zero attached hydrogens (tertiary/aromatic N) is 1. The summed E-state index contributed by atoms with van der Waals surface area (Å²) >= 11 is 12.0. The van der Waals surface area contributed by atoms with E-state index >= 15 is 0 Å². The second-order valence-electron chi connectivity index (χ2n) is 7.24. The molecule has 2 aromatic rings. The molecule has 4 rings (SSSR count). The number of carbonyl (C=O) groups is 1. The minimum absolute atomic E-state index is 0.00466. The van der Waals surface area contributed by atoms with Crippen molar-refractivity contribution in [3.05, 3.63) is 48.3 Å². The highest BCUT2D eigenvalue weighted by molar-refractivity contribution is 7.89. The van der Waals surface area contributed by atoms with E-state index in [1.807, 2.05) is 0 Å². The molecule has 31 heavy (non-hydrogen) atoms. The Bertz CT molecular complexity index is 1090. The van der Waals surface area contributed by atoms with Gasteiger partial charge in [0.15, 0.2) is 5.75 Å². The van der Waals surface area contributed by atoms with Crippen molar-refractivity contribution in [1.29, 1.82) is 0 Å². The first-order valence-corrected chi connectivity index (χ1v) is 11.7. The zero-order valence-electron chi connectivity index (χ0n) is 16.2. The molecule has 1 saturated carbocycles. The monoisotopic (exact) mass is 488 g/mol. The Balaban J connectivity index is 1.65. The molecule has 1 saturated heterocycles. The van der Waals surface area contributed by atoms with Crippen molar-refractivity contribution in [2.24, 2.45) is 5.92 Å². The van der Waals surface area contributed by atoms with E-state index in [2.05, 4.69) is 5.32 Å². The summed E-state index contributed by atoms with van der Waals surface area (Å²) in [6, 6.07) is 9.45. The third-order valence-corrected chi connectivity index (χ3v) is 7.73. The van der Waals surface area contributed by atoms with Gasteiger partial charge >= 0.3 is 0 Å². The zero-order chi connectivity index (χ0) is 22.2. The maximum atomic E-state index is 13.2. The first kappa shape index (κ1) is 22.3. The van der Waals surface area contributed by atoms with Crippen molar-refractivity contribution in [1.82, 2.24) is 4.31 Å². The summed E-state index contributed by atoms with van der Waals surface area (Å²) in [5.41, 5.74) is 0.139. The van der Waals surface area contributed by atoms with Crippen LogP contribution >= 0.6 is 23.2 Å². The van der Waals surface area contributed by atoms with Crippen molar-refractivity contribution in [2.45, 2.75) is 15.6 Å². The molecule has 0 spiro atoms. The van der Waals surface area contributed by atoms with E-state index < -0.39 is 32.0 Å². The van der Waals surface area contributed by atoms with Gasteiger partial charge in [-0.1, -0.05) is 0 Å². The molecular weight excluding hydrogens is 470 g/mol. The van der Waals surface area contributed by atoms with E-state index in [1.54, 1.807) is 0 Å². The van der Waals surface area contributed by atoms with Crippen LogP contribution in [0.2, 0.25) is 0 Å². The molecule has 1 unspecified atom stereocenters. The van der Waals surface area contributed by atoms with Crippen molar-refractivity contribution < 1.29 is 27.1 Å². The van der Waals surface area contributed by atoms with Gasteiger partial charge in [-0.25, -0.2) is 12.8 Å². The summed E-state index contributed by atoms with van der Waals surface area (Å²) < 4.78 is 50.4. The maximum Gasteiger partial charge on any atom is 0.243 e. The van der Waals surface area contributed by atoms with Gasteiger partial charge in [0, 0.05) is 13.1 Å². The Kier molecular flexibility index (Phi) is 6.15. The lowest BCUT2D eigenvalue weighted by Gasteiger charge is -2.26. The second kappa shape index (κ2) is 8.55. The summed E-state index contributed by atoms with van der Waals surface area (Å²) in [6.45, 7) is 1.09. The van der Waals surface area contributed by atoms with Crippen LogP contribution in [0.15, 0.2) is 47.4 Å². The van der Waals surface area contributed by atoms with Gasteiger partial charge in [0.05, 0.1) is 29.7 Å². The number of morpholine rings is 1. The molecule has 1 heterocycles. The average Bonchev–Trinajstić information content (AvgIpc) is 3.40. The van der Waals surface area contributed by atoms with Gasteiger partial charge in [-0.05, 0) is 48.9 Å². The number of anilines is 1. The van der Waals surface area contributed by atoms with Crippen LogP contribution in [-0.2, 0) is 19.6 Å². The topological polar surface area (TPSA) is 84.9 Å². The van der Waals surface area contributed by atoms with Gasteiger partial charge in [0.25, 0.3) is 0 Å². The van der Waals surface area contributed by atoms with Crippen LogP contribution in [-0.4, -0.2) is 49.3 Å². The highest BCUT2D eigenvalue weighted by Gasteiger charge is 2.56. The SMILES string of the molecule is O=C(Nc1cc(S(=O)(=O)N2CCOCC2)ccc1Oc1ccc(F)cc1)C1CC1(Cl)Cl. The summed E-state index contributed by atoms with van der Waals surface area (Å²) in [5, 5.41) is 2.66. The Morgan fingerprint density at radius 1 is 1.16 bits per heavy atom. The number of amides is 1. The van der Waals surface area contributed by atoms with Crippen LogP contribution in [0.1, 0.15) is 6.42 Å². The first-order chi connectivity index (χ1) is 14.7. The largest absolute Gasteiger partial charge is 0.455 e. The van der Waals surface area contributed by atoms with Crippen LogP contribution in [0.4, 0.5) is 10.1 Å². The molecule has 1 aliphatic heterocycles. The van der Waals surface area contributed by atoms with Gasteiger partial charge < -0.3 is 14.8 Å². The van der Waals surface area contributed by atoms with Crippen molar-refractivity contribution in [2.75, 3.05) is 31.6 Å². The molecule has 0 aromatic heterocycles. The van der Waals surface area contributed by atoms with Crippen molar-refractivity contribution in [3.63, 3.8) is 0 Å². The minimum atomic E-state index is -3.80. The number of benzene rings is 2. The van der Waals surface area contributed by atoms with Crippen LogP contribution < -0.4 is 10.1 Å². The standard InChI is InChI=1S/C20H19Cl2FN2O5S/c21-20(22)12-16(20)19(26)24-17-11-15(31(27,28)25-7-9-29-10-8-25)5-6-18(17)30-14-3-1-13(23)2-4-14/h1-6,11,16H,7-10,12H2,(H,24,26). The van der Waals surface area contributed by atoms with Crippen molar-refractivity contribution >= 4 is 44.8 Å². The highest BCUT2D eigenvalue weighted by Crippen LogP contribution is 2.53. The number of hydrogen-bond acceptors (Lipinski definition) is 5. The summed E-state index contributed by atoms with van der Waals surface area (Å²) in [5.74, 6) is -0.988. The first-order valence-electron chi connectivity index (χ1n) is 9.51. The number of hydrogen-bond donors (Lipinski definition) is 1. The Labute approximate surface area is 189 Å². The number of nitrogens with one attached hydrogen (secondary N) is 1.